The molecule has 5 heteroatoms. The monoisotopic (exact) mass is 307 g/mol. The number of pyridine rings is 1. The van der Waals surface area contributed by atoms with Gasteiger partial charge in [-0.15, -0.1) is 11.3 Å². The minimum Gasteiger partial charge on any atom is -0.308 e. The van der Waals surface area contributed by atoms with Crippen LogP contribution in [0.4, 0.5) is 0 Å². The van der Waals surface area contributed by atoms with Crippen LogP contribution in [0.15, 0.2) is 34.2 Å². The van der Waals surface area contributed by atoms with Crippen LogP contribution in [-0.2, 0) is 6.54 Å². The van der Waals surface area contributed by atoms with Gasteiger partial charge in [0.1, 0.15) is 5.52 Å². The lowest BCUT2D eigenvalue weighted by atomic mass is 10.4. The number of nitrogens with zero attached hydrogens (tertiary/aromatic N) is 3. The van der Waals surface area contributed by atoms with Gasteiger partial charge in [-0.25, -0.2) is 9.97 Å². The lowest BCUT2D eigenvalue weighted by molar-refractivity contribution is 0.789. The first-order valence-corrected chi connectivity index (χ1v) is 6.97. The Balaban J connectivity index is 2.29. The van der Waals surface area contributed by atoms with Gasteiger partial charge in [0.15, 0.2) is 11.5 Å². The van der Waals surface area contributed by atoms with Gasteiger partial charge in [0.25, 0.3) is 0 Å². The molecule has 0 N–H and O–H groups in total. The molecule has 3 heterocycles. The van der Waals surface area contributed by atoms with E-state index in [4.69, 9.17) is 0 Å². The molecule has 0 saturated heterocycles. The van der Waals surface area contributed by atoms with Crippen molar-refractivity contribution in [2.24, 2.45) is 0 Å². The highest BCUT2D eigenvalue weighted by Crippen LogP contribution is 2.32. The van der Waals surface area contributed by atoms with Gasteiger partial charge in [-0.1, -0.05) is 0 Å². The molecule has 0 fully saturated rings. The SMILES string of the molecule is CCn1c(-c2ccc(Br)s2)nc2cccnc21. The average molecular weight is 308 g/mol. The predicted molar refractivity (Wildman–Crippen MR) is 74.2 cm³/mol. The summed E-state index contributed by atoms with van der Waals surface area (Å²) in [5.41, 5.74) is 1.91. The minimum absolute atomic E-state index is 0.873. The average Bonchev–Trinajstić information content (AvgIpc) is 2.91. The van der Waals surface area contributed by atoms with E-state index in [-0.39, 0.29) is 0 Å². The third-order valence-corrected chi connectivity index (χ3v) is 4.23. The molecular formula is C12H10BrN3S. The van der Waals surface area contributed by atoms with Crippen LogP contribution >= 0.6 is 27.3 Å². The fourth-order valence-electron chi connectivity index (χ4n) is 1.88. The highest BCUT2D eigenvalue weighted by molar-refractivity contribution is 9.11. The van der Waals surface area contributed by atoms with Crippen LogP contribution in [0.3, 0.4) is 0 Å². The first kappa shape index (κ1) is 10.9. The molecule has 0 aromatic carbocycles. The van der Waals surface area contributed by atoms with E-state index in [0.29, 0.717) is 0 Å². The number of thiophene rings is 1. The number of fused-ring (bicyclic) bond motifs is 1. The number of rotatable bonds is 2. The molecule has 0 radical (unpaired) electrons. The summed E-state index contributed by atoms with van der Waals surface area (Å²) >= 11 is 5.18. The summed E-state index contributed by atoms with van der Waals surface area (Å²) in [6.45, 7) is 2.99. The van der Waals surface area contributed by atoms with Crippen molar-refractivity contribution in [1.29, 1.82) is 0 Å². The molecule has 3 aromatic heterocycles. The Morgan fingerprint density at radius 2 is 2.24 bits per heavy atom. The maximum Gasteiger partial charge on any atom is 0.160 e. The van der Waals surface area contributed by atoms with Crippen molar-refractivity contribution in [3.63, 3.8) is 0 Å². The van der Waals surface area contributed by atoms with Crippen LogP contribution in [0.5, 0.6) is 0 Å². The standard InChI is InChI=1S/C12H10BrN3S/c1-2-16-11-8(4-3-7-14-11)15-12(16)9-5-6-10(13)17-9/h3-7H,2H2,1H3. The van der Waals surface area contributed by atoms with Crippen LogP contribution in [0.1, 0.15) is 6.92 Å². The summed E-state index contributed by atoms with van der Waals surface area (Å²) in [4.78, 5) is 10.2. The molecule has 0 saturated carbocycles. The second kappa shape index (κ2) is 4.23. The summed E-state index contributed by atoms with van der Waals surface area (Å²) in [5, 5.41) is 0. The van der Waals surface area contributed by atoms with Gasteiger partial charge in [-0.2, -0.15) is 0 Å². The van der Waals surface area contributed by atoms with E-state index in [1.165, 1.54) is 0 Å². The summed E-state index contributed by atoms with van der Waals surface area (Å²) in [5.74, 6) is 0.997. The van der Waals surface area contributed by atoms with Crippen LogP contribution in [0, 0.1) is 0 Å². The van der Waals surface area contributed by atoms with Gasteiger partial charge in [0.2, 0.25) is 0 Å². The second-order valence-corrected chi connectivity index (χ2v) is 6.09. The number of halogens is 1. The van der Waals surface area contributed by atoms with E-state index >= 15 is 0 Å². The fraction of sp³-hybridized carbons (Fsp3) is 0.167. The first-order valence-electron chi connectivity index (χ1n) is 5.36. The van der Waals surface area contributed by atoms with Crippen molar-refractivity contribution in [2.45, 2.75) is 13.5 Å². The molecule has 86 valence electrons. The van der Waals surface area contributed by atoms with Crippen LogP contribution in [0.2, 0.25) is 0 Å². The van der Waals surface area contributed by atoms with Gasteiger partial charge in [-0.05, 0) is 47.1 Å². The van der Waals surface area contributed by atoms with Crippen molar-refractivity contribution in [2.75, 3.05) is 0 Å². The van der Waals surface area contributed by atoms with Gasteiger partial charge in [-0.3, -0.25) is 0 Å². The molecule has 3 nitrogen and oxygen atoms in total. The number of aryl methyl sites for hydroxylation is 1. The molecule has 0 aliphatic heterocycles. The molecule has 0 atom stereocenters. The quantitative estimate of drug-likeness (QED) is 0.718. The lowest BCUT2D eigenvalue weighted by Crippen LogP contribution is -1.97. The van der Waals surface area contributed by atoms with E-state index in [9.17, 15) is 0 Å². The third-order valence-electron chi connectivity index (χ3n) is 2.61. The van der Waals surface area contributed by atoms with Gasteiger partial charge in [0, 0.05) is 12.7 Å². The number of hydrogen-bond acceptors (Lipinski definition) is 3. The zero-order valence-corrected chi connectivity index (χ0v) is 11.6. The van der Waals surface area contributed by atoms with Crippen LogP contribution in [-0.4, -0.2) is 14.5 Å². The molecule has 0 amide bonds. The summed E-state index contributed by atoms with van der Waals surface area (Å²) in [7, 11) is 0. The molecular weight excluding hydrogens is 298 g/mol. The Bertz CT molecular complexity index is 671. The highest BCUT2D eigenvalue weighted by Gasteiger charge is 2.13. The van der Waals surface area contributed by atoms with Crippen molar-refractivity contribution >= 4 is 38.4 Å². The summed E-state index contributed by atoms with van der Waals surface area (Å²) in [6.07, 6.45) is 1.81. The van der Waals surface area contributed by atoms with E-state index in [1.807, 2.05) is 24.4 Å². The van der Waals surface area contributed by atoms with Crippen LogP contribution in [0.25, 0.3) is 21.9 Å². The van der Waals surface area contributed by atoms with Gasteiger partial charge < -0.3 is 4.57 Å². The van der Waals surface area contributed by atoms with E-state index in [0.717, 1.165) is 32.2 Å². The van der Waals surface area contributed by atoms with Gasteiger partial charge >= 0.3 is 0 Å². The zero-order valence-electron chi connectivity index (χ0n) is 9.22. The number of aromatic nitrogens is 3. The molecule has 0 aliphatic carbocycles. The molecule has 3 rings (SSSR count). The zero-order chi connectivity index (χ0) is 11.8. The van der Waals surface area contributed by atoms with E-state index in [2.05, 4.69) is 43.5 Å². The maximum atomic E-state index is 4.66. The molecule has 0 bridgehead atoms. The topological polar surface area (TPSA) is 30.7 Å². The van der Waals surface area contributed by atoms with Crippen molar-refractivity contribution in [1.82, 2.24) is 14.5 Å². The van der Waals surface area contributed by atoms with Crippen molar-refractivity contribution < 1.29 is 0 Å². The Morgan fingerprint density at radius 3 is 2.94 bits per heavy atom. The Labute approximate surface area is 111 Å². The number of hydrogen-bond donors (Lipinski definition) is 0. The highest BCUT2D eigenvalue weighted by atomic mass is 79.9. The minimum atomic E-state index is 0.873. The van der Waals surface area contributed by atoms with Crippen LogP contribution < -0.4 is 0 Å². The maximum absolute atomic E-state index is 4.66. The van der Waals surface area contributed by atoms with E-state index < -0.39 is 0 Å². The van der Waals surface area contributed by atoms with Crippen molar-refractivity contribution in [3.8, 4) is 10.7 Å². The predicted octanol–water partition coefficient (Wildman–Crippen LogP) is 3.94. The third kappa shape index (κ3) is 1.79. The smallest absolute Gasteiger partial charge is 0.160 e. The van der Waals surface area contributed by atoms with Crippen molar-refractivity contribution in [3.05, 3.63) is 34.2 Å². The Morgan fingerprint density at radius 1 is 1.35 bits per heavy atom. The second-order valence-electron chi connectivity index (χ2n) is 3.63. The van der Waals surface area contributed by atoms with E-state index in [1.54, 1.807) is 11.3 Å². The number of imidazole rings is 1. The molecule has 17 heavy (non-hydrogen) atoms. The Hall–Kier alpha value is -1.20. The lowest BCUT2D eigenvalue weighted by Gasteiger charge is -2.02. The summed E-state index contributed by atoms with van der Waals surface area (Å²) in [6, 6.07) is 8.05. The molecule has 3 aromatic rings. The van der Waals surface area contributed by atoms with Gasteiger partial charge in [0.05, 0.1) is 8.66 Å². The Kier molecular flexibility index (Phi) is 2.72. The normalized spacial score (nSPS) is 11.2. The fourth-order valence-corrected chi connectivity index (χ4v) is 3.27. The largest absolute Gasteiger partial charge is 0.308 e. The summed E-state index contributed by atoms with van der Waals surface area (Å²) < 4.78 is 3.27. The molecule has 0 spiro atoms. The molecule has 0 unspecified atom stereocenters. The molecule has 0 aliphatic rings. The first-order chi connectivity index (χ1) is 8.29.